The molecule has 0 fully saturated rings. The summed E-state index contributed by atoms with van der Waals surface area (Å²) in [6, 6.07) is 7.93. The molecule has 0 aliphatic rings. The average Bonchev–Trinajstić information content (AvgIpc) is 2.36. The Morgan fingerprint density at radius 3 is 2.76 bits per heavy atom. The van der Waals surface area contributed by atoms with Gasteiger partial charge in [-0.15, -0.1) is 0 Å². The molecule has 3 N–H and O–H groups in total. The van der Waals surface area contributed by atoms with Crippen molar-refractivity contribution in [3.05, 3.63) is 29.8 Å². The van der Waals surface area contributed by atoms with E-state index in [1.807, 2.05) is 31.2 Å². The highest BCUT2D eigenvalue weighted by atomic mass is 16.1. The Balaban J connectivity index is 2.61. The van der Waals surface area contributed by atoms with Crippen LogP contribution in [-0.2, 0) is 11.2 Å². The van der Waals surface area contributed by atoms with E-state index in [1.54, 1.807) is 0 Å². The lowest BCUT2D eigenvalue weighted by Gasteiger charge is -2.14. The van der Waals surface area contributed by atoms with Gasteiger partial charge in [-0.2, -0.15) is 0 Å². The minimum absolute atomic E-state index is 0.0171. The zero-order valence-electron chi connectivity index (χ0n) is 10.7. The molecule has 0 radical (unpaired) electrons. The fourth-order valence-electron chi connectivity index (χ4n) is 1.76. The normalized spacial score (nSPS) is 12.2. The van der Waals surface area contributed by atoms with Crippen molar-refractivity contribution in [2.24, 2.45) is 11.7 Å². The van der Waals surface area contributed by atoms with Gasteiger partial charge in [-0.3, -0.25) is 4.79 Å². The second-order valence-electron chi connectivity index (χ2n) is 4.33. The summed E-state index contributed by atoms with van der Waals surface area (Å²) in [5.41, 5.74) is 7.55. The quantitative estimate of drug-likeness (QED) is 0.794. The van der Waals surface area contributed by atoms with E-state index >= 15 is 0 Å². The van der Waals surface area contributed by atoms with Gasteiger partial charge in [0.15, 0.2) is 0 Å². The summed E-state index contributed by atoms with van der Waals surface area (Å²) in [5, 5.41) is 2.99. The Labute approximate surface area is 103 Å². The highest BCUT2D eigenvalue weighted by Crippen LogP contribution is 2.17. The molecule has 3 nitrogen and oxygen atoms in total. The number of benzene rings is 1. The number of nitrogens with one attached hydrogen (secondary N) is 1. The fraction of sp³-hybridized carbons (Fsp3) is 0.500. The number of nitrogens with two attached hydrogens (primary N) is 1. The molecule has 0 heterocycles. The molecule has 1 amide bonds. The monoisotopic (exact) mass is 234 g/mol. The maximum Gasteiger partial charge on any atom is 0.227 e. The molecule has 94 valence electrons. The van der Waals surface area contributed by atoms with Crippen LogP contribution in [0, 0.1) is 5.92 Å². The van der Waals surface area contributed by atoms with E-state index in [9.17, 15) is 4.79 Å². The van der Waals surface area contributed by atoms with Gasteiger partial charge in [-0.1, -0.05) is 32.0 Å². The molecule has 3 heteroatoms. The average molecular weight is 234 g/mol. The van der Waals surface area contributed by atoms with E-state index in [2.05, 4.69) is 12.2 Å². The van der Waals surface area contributed by atoms with Crippen molar-refractivity contribution in [2.45, 2.75) is 33.1 Å². The molecular weight excluding hydrogens is 212 g/mol. The number of para-hydroxylation sites is 1. The third kappa shape index (κ3) is 4.19. The van der Waals surface area contributed by atoms with Crippen LogP contribution < -0.4 is 11.1 Å². The molecule has 0 aliphatic heterocycles. The van der Waals surface area contributed by atoms with Crippen LogP contribution in [0.2, 0.25) is 0 Å². The van der Waals surface area contributed by atoms with Crippen LogP contribution in [0.25, 0.3) is 0 Å². The van der Waals surface area contributed by atoms with Crippen molar-refractivity contribution in [3.8, 4) is 0 Å². The molecular formula is C14H22N2O. The Hall–Kier alpha value is -1.35. The summed E-state index contributed by atoms with van der Waals surface area (Å²) in [4.78, 5) is 11.9. The largest absolute Gasteiger partial charge is 0.330 e. The number of hydrogen-bond acceptors (Lipinski definition) is 2. The van der Waals surface area contributed by atoms with Crippen molar-refractivity contribution >= 4 is 11.6 Å². The van der Waals surface area contributed by atoms with Crippen LogP contribution >= 0.6 is 0 Å². The Bertz CT molecular complexity index is 363. The van der Waals surface area contributed by atoms with Gasteiger partial charge in [0.1, 0.15) is 0 Å². The zero-order valence-corrected chi connectivity index (χ0v) is 10.7. The maximum absolute atomic E-state index is 11.9. The standard InChI is InChI=1S/C14H22N2O/c1-3-12-8-4-5-9-13(12)16-14(17)11(2)7-6-10-15/h4-5,8-9,11H,3,6-7,10,15H2,1-2H3,(H,16,17). The van der Waals surface area contributed by atoms with Crippen LogP contribution in [0.4, 0.5) is 5.69 Å². The first-order valence-corrected chi connectivity index (χ1v) is 6.27. The van der Waals surface area contributed by atoms with E-state index in [-0.39, 0.29) is 11.8 Å². The number of carbonyl (C=O) groups excluding carboxylic acids is 1. The first-order valence-electron chi connectivity index (χ1n) is 6.27. The van der Waals surface area contributed by atoms with Gasteiger partial charge in [-0.05, 0) is 37.4 Å². The highest BCUT2D eigenvalue weighted by Gasteiger charge is 2.13. The molecule has 1 atom stereocenters. The predicted molar refractivity (Wildman–Crippen MR) is 71.9 cm³/mol. The molecule has 0 aliphatic carbocycles. The minimum Gasteiger partial charge on any atom is -0.330 e. The van der Waals surface area contributed by atoms with Crippen molar-refractivity contribution in [1.29, 1.82) is 0 Å². The second kappa shape index (κ2) is 7.07. The zero-order chi connectivity index (χ0) is 12.7. The Morgan fingerprint density at radius 2 is 2.12 bits per heavy atom. The van der Waals surface area contributed by atoms with Gasteiger partial charge < -0.3 is 11.1 Å². The smallest absolute Gasteiger partial charge is 0.227 e. The van der Waals surface area contributed by atoms with Crippen LogP contribution in [0.3, 0.4) is 0 Å². The fourth-order valence-corrected chi connectivity index (χ4v) is 1.76. The number of aryl methyl sites for hydroxylation is 1. The Morgan fingerprint density at radius 1 is 1.41 bits per heavy atom. The van der Waals surface area contributed by atoms with Crippen molar-refractivity contribution < 1.29 is 4.79 Å². The number of hydrogen-bond donors (Lipinski definition) is 2. The third-order valence-electron chi connectivity index (χ3n) is 2.94. The first kappa shape index (κ1) is 13.7. The minimum atomic E-state index is 0.0171. The third-order valence-corrected chi connectivity index (χ3v) is 2.94. The van der Waals surface area contributed by atoms with Crippen molar-refractivity contribution in [1.82, 2.24) is 0 Å². The summed E-state index contributed by atoms with van der Waals surface area (Å²) in [7, 11) is 0. The van der Waals surface area contributed by atoms with Crippen LogP contribution in [-0.4, -0.2) is 12.5 Å². The lowest BCUT2D eigenvalue weighted by Crippen LogP contribution is -2.21. The molecule has 0 saturated carbocycles. The number of rotatable bonds is 6. The molecule has 0 bridgehead atoms. The predicted octanol–water partition coefficient (Wildman–Crippen LogP) is 2.56. The summed E-state index contributed by atoms with van der Waals surface area (Å²) in [5.74, 6) is 0.0998. The lowest BCUT2D eigenvalue weighted by atomic mass is 10.0. The van der Waals surface area contributed by atoms with Gasteiger partial charge in [-0.25, -0.2) is 0 Å². The van der Waals surface area contributed by atoms with E-state index < -0.39 is 0 Å². The summed E-state index contributed by atoms with van der Waals surface area (Å²) in [6.07, 6.45) is 2.66. The molecule has 1 rings (SSSR count). The van der Waals surface area contributed by atoms with E-state index in [1.165, 1.54) is 5.56 Å². The van der Waals surface area contributed by atoms with Gasteiger partial charge in [0.25, 0.3) is 0 Å². The topological polar surface area (TPSA) is 55.1 Å². The molecule has 0 spiro atoms. The van der Waals surface area contributed by atoms with Crippen LogP contribution in [0.5, 0.6) is 0 Å². The Kier molecular flexibility index (Phi) is 5.70. The SMILES string of the molecule is CCc1ccccc1NC(=O)C(C)CCCN. The summed E-state index contributed by atoms with van der Waals surface area (Å²) >= 11 is 0. The highest BCUT2D eigenvalue weighted by molar-refractivity contribution is 5.93. The van der Waals surface area contributed by atoms with Crippen LogP contribution in [0.1, 0.15) is 32.3 Å². The molecule has 1 unspecified atom stereocenters. The molecule has 17 heavy (non-hydrogen) atoms. The summed E-state index contributed by atoms with van der Waals surface area (Å²) in [6.45, 7) is 4.67. The van der Waals surface area contributed by atoms with Gasteiger partial charge in [0, 0.05) is 11.6 Å². The molecule has 0 aromatic heterocycles. The number of carbonyl (C=O) groups is 1. The van der Waals surface area contributed by atoms with E-state index in [0.29, 0.717) is 6.54 Å². The second-order valence-corrected chi connectivity index (χ2v) is 4.33. The van der Waals surface area contributed by atoms with Crippen molar-refractivity contribution in [3.63, 3.8) is 0 Å². The number of anilines is 1. The number of amides is 1. The molecule has 1 aromatic carbocycles. The molecule has 1 aromatic rings. The van der Waals surface area contributed by atoms with Crippen LogP contribution in [0.15, 0.2) is 24.3 Å². The van der Waals surface area contributed by atoms with Gasteiger partial charge >= 0.3 is 0 Å². The first-order chi connectivity index (χ1) is 8.19. The molecule has 0 saturated heterocycles. The summed E-state index contributed by atoms with van der Waals surface area (Å²) < 4.78 is 0. The van der Waals surface area contributed by atoms with E-state index in [0.717, 1.165) is 24.9 Å². The lowest BCUT2D eigenvalue weighted by molar-refractivity contribution is -0.119. The maximum atomic E-state index is 11.9. The van der Waals surface area contributed by atoms with E-state index in [4.69, 9.17) is 5.73 Å². The van der Waals surface area contributed by atoms with Gasteiger partial charge in [0.2, 0.25) is 5.91 Å². The van der Waals surface area contributed by atoms with Crippen molar-refractivity contribution in [2.75, 3.05) is 11.9 Å². The van der Waals surface area contributed by atoms with Gasteiger partial charge in [0.05, 0.1) is 0 Å².